The van der Waals surface area contributed by atoms with Gasteiger partial charge >= 0.3 is 0 Å². The maximum absolute atomic E-state index is 12.3. The number of allylic oxidation sites excluding steroid dienone is 2. The summed E-state index contributed by atoms with van der Waals surface area (Å²) in [5.41, 5.74) is 1.25. The predicted molar refractivity (Wildman–Crippen MR) is 94.5 cm³/mol. The molecule has 1 aromatic carbocycles. The van der Waals surface area contributed by atoms with Gasteiger partial charge in [-0.2, -0.15) is 0 Å². The van der Waals surface area contributed by atoms with Gasteiger partial charge in [0.15, 0.2) is 0 Å². The maximum Gasteiger partial charge on any atom is 0.233 e. The number of nitrogens with zero attached hydrogens (tertiary/aromatic N) is 1. The molecule has 0 aromatic heterocycles. The van der Waals surface area contributed by atoms with Crippen LogP contribution in [-0.4, -0.2) is 35.7 Å². The Morgan fingerprint density at radius 2 is 1.68 bits per heavy atom. The van der Waals surface area contributed by atoms with Crippen molar-refractivity contribution in [2.75, 3.05) is 13.1 Å². The topological polar surface area (TPSA) is 66.5 Å². The molecule has 1 heterocycles. The van der Waals surface area contributed by atoms with Crippen molar-refractivity contribution in [3.8, 4) is 0 Å². The molecule has 1 N–H and O–H groups in total. The molecular formula is C20H24N2O3. The van der Waals surface area contributed by atoms with Crippen molar-refractivity contribution in [1.29, 1.82) is 0 Å². The van der Waals surface area contributed by atoms with Crippen LogP contribution in [0.3, 0.4) is 0 Å². The van der Waals surface area contributed by atoms with Crippen LogP contribution in [0.1, 0.15) is 31.2 Å². The first-order chi connectivity index (χ1) is 12.2. The van der Waals surface area contributed by atoms with Crippen LogP contribution in [0.5, 0.6) is 0 Å². The average Bonchev–Trinajstić information content (AvgIpc) is 2.89. The van der Waals surface area contributed by atoms with Crippen LogP contribution in [0.2, 0.25) is 0 Å². The number of carbonyl (C=O) groups excluding carboxylic acids is 3. The fourth-order valence-corrected chi connectivity index (χ4v) is 3.56. The number of hydrogen-bond acceptors (Lipinski definition) is 3. The number of benzene rings is 1. The number of imide groups is 1. The van der Waals surface area contributed by atoms with E-state index in [-0.39, 0.29) is 42.5 Å². The van der Waals surface area contributed by atoms with Crippen molar-refractivity contribution in [2.45, 2.75) is 32.1 Å². The van der Waals surface area contributed by atoms with Crippen molar-refractivity contribution < 1.29 is 14.4 Å². The summed E-state index contributed by atoms with van der Waals surface area (Å²) in [5.74, 6) is -0.771. The Hall–Kier alpha value is -2.43. The molecule has 1 aliphatic heterocycles. The number of aryl methyl sites for hydroxylation is 1. The van der Waals surface area contributed by atoms with Crippen LogP contribution >= 0.6 is 0 Å². The van der Waals surface area contributed by atoms with E-state index in [9.17, 15) is 14.4 Å². The number of carbonyl (C=O) groups is 3. The fourth-order valence-electron chi connectivity index (χ4n) is 3.56. The highest BCUT2D eigenvalue weighted by Gasteiger charge is 2.46. The summed E-state index contributed by atoms with van der Waals surface area (Å²) in [6.45, 7) is 0.792. The molecule has 1 saturated heterocycles. The lowest BCUT2D eigenvalue weighted by atomic mass is 9.85. The van der Waals surface area contributed by atoms with Crippen LogP contribution < -0.4 is 5.32 Å². The lowest BCUT2D eigenvalue weighted by Gasteiger charge is -2.14. The molecule has 0 saturated carbocycles. The lowest BCUT2D eigenvalue weighted by molar-refractivity contribution is -0.140. The van der Waals surface area contributed by atoms with Gasteiger partial charge in [-0.15, -0.1) is 0 Å². The molecule has 132 valence electrons. The molecule has 1 aromatic rings. The fraction of sp³-hybridized carbons (Fsp3) is 0.450. The van der Waals surface area contributed by atoms with Crippen molar-refractivity contribution in [3.63, 3.8) is 0 Å². The number of likely N-dealkylation sites (tertiary alicyclic amines) is 1. The molecule has 5 heteroatoms. The Kier molecular flexibility index (Phi) is 5.64. The Balaban J connectivity index is 1.37. The highest BCUT2D eigenvalue weighted by atomic mass is 16.2. The van der Waals surface area contributed by atoms with Gasteiger partial charge in [0.2, 0.25) is 17.7 Å². The summed E-state index contributed by atoms with van der Waals surface area (Å²) < 4.78 is 0. The Morgan fingerprint density at radius 1 is 1.04 bits per heavy atom. The monoisotopic (exact) mass is 340 g/mol. The number of fused-ring (bicyclic) bond motifs is 1. The smallest absolute Gasteiger partial charge is 0.233 e. The Bertz CT molecular complexity index is 643. The van der Waals surface area contributed by atoms with E-state index in [0.29, 0.717) is 19.4 Å². The van der Waals surface area contributed by atoms with E-state index in [1.807, 2.05) is 30.4 Å². The zero-order chi connectivity index (χ0) is 17.6. The minimum absolute atomic E-state index is 0.110. The summed E-state index contributed by atoms with van der Waals surface area (Å²) in [7, 11) is 0. The van der Waals surface area contributed by atoms with Crippen LogP contribution in [0.25, 0.3) is 0 Å². The molecule has 25 heavy (non-hydrogen) atoms. The van der Waals surface area contributed by atoms with Crippen LogP contribution in [0.4, 0.5) is 0 Å². The molecule has 1 aliphatic carbocycles. The molecule has 3 amide bonds. The number of nitrogens with one attached hydrogen (secondary N) is 1. The van der Waals surface area contributed by atoms with Gasteiger partial charge < -0.3 is 5.32 Å². The van der Waals surface area contributed by atoms with Crippen molar-refractivity contribution in [1.82, 2.24) is 10.2 Å². The molecular weight excluding hydrogens is 316 g/mol. The lowest BCUT2D eigenvalue weighted by Crippen LogP contribution is -2.35. The van der Waals surface area contributed by atoms with Crippen LogP contribution in [0, 0.1) is 11.8 Å². The molecule has 5 nitrogen and oxygen atoms in total. The Morgan fingerprint density at radius 3 is 2.32 bits per heavy atom. The summed E-state index contributed by atoms with van der Waals surface area (Å²) in [4.78, 5) is 37.9. The summed E-state index contributed by atoms with van der Waals surface area (Å²) in [6, 6.07) is 10.1. The number of amides is 3. The van der Waals surface area contributed by atoms with Crippen molar-refractivity contribution in [2.24, 2.45) is 11.8 Å². The van der Waals surface area contributed by atoms with E-state index in [0.717, 1.165) is 12.8 Å². The van der Waals surface area contributed by atoms with Crippen molar-refractivity contribution >= 4 is 17.7 Å². The summed E-state index contributed by atoms with van der Waals surface area (Å²) >= 11 is 0. The van der Waals surface area contributed by atoms with Gasteiger partial charge in [0.05, 0.1) is 11.8 Å². The molecule has 0 radical (unpaired) electrons. The van der Waals surface area contributed by atoms with Crippen LogP contribution in [-0.2, 0) is 20.8 Å². The van der Waals surface area contributed by atoms with E-state index in [1.165, 1.54) is 10.5 Å². The number of rotatable bonds is 7. The largest absolute Gasteiger partial charge is 0.356 e. The molecule has 0 spiro atoms. The minimum Gasteiger partial charge on any atom is -0.356 e. The second-order valence-corrected chi connectivity index (χ2v) is 6.67. The zero-order valence-electron chi connectivity index (χ0n) is 14.3. The van der Waals surface area contributed by atoms with Crippen LogP contribution in [0.15, 0.2) is 42.5 Å². The third kappa shape index (κ3) is 4.16. The number of hydrogen-bond donors (Lipinski definition) is 1. The highest BCUT2D eigenvalue weighted by Crippen LogP contribution is 2.34. The van der Waals surface area contributed by atoms with Gasteiger partial charge in [0, 0.05) is 19.5 Å². The normalized spacial score (nSPS) is 22.2. The first-order valence-electron chi connectivity index (χ1n) is 8.97. The zero-order valence-corrected chi connectivity index (χ0v) is 14.3. The average molecular weight is 340 g/mol. The van der Waals surface area contributed by atoms with E-state index < -0.39 is 0 Å². The van der Waals surface area contributed by atoms with Gasteiger partial charge in [0.1, 0.15) is 0 Å². The second-order valence-electron chi connectivity index (χ2n) is 6.67. The molecule has 0 unspecified atom stereocenters. The Labute approximate surface area is 148 Å². The van der Waals surface area contributed by atoms with E-state index in [1.54, 1.807) is 0 Å². The molecule has 1 fully saturated rings. The third-order valence-corrected chi connectivity index (χ3v) is 4.97. The van der Waals surface area contributed by atoms with E-state index in [2.05, 4.69) is 17.4 Å². The summed E-state index contributed by atoms with van der Waals surface area (Å²) in [5, 5.41) is 2.87. The quantitative estimate of drug-likeness (QED) is 0.469. The van der Waals surface area contributed by atoms with E-state index >= 15 is 0 Å². The SMILES string of the molecule is O=C(CCN1C(=O)[C@@H]2CC=CC[C@H]2C1=O)NCCCc1ccccc1. The van der Waals surface area contributed by atoms with Gasteiger partial charge in [-0.3, -0.25) is 19.3 Å². The third-order valence-electron chi connectivity index (χ3n) is 4.97. The molecule has 2 atom stereocenters. The van der Waals surface area contributed by atoms with Gasteiger partial charge in [0.25, 0.3) is 0 Å². The maximum atomic E-state index is 12.3. The van der Waals surface area contributed by atoms with Gasteiger partial charge in [-0.25, -0.2) is 0 Å². The van der Waals surface area contributed by atoms with Gasteiger partial charge in [-0.1, -0.05) is 42.5 Å². The van der Waals surface area contributed by atoms with E-state index in [4.69, 9.17) is 0 Å². The molecule has 0 bridgehead atoms. The first kappa shape index (κ1) is 17.4. The molecule has 2 aliphatic rings. The highest BCUT2D eigenvalue weighted by molar-refractivity contribution is 6.05. The standard InChI is InChI=1S/C20H24N2O3/c23-18(21-13-6-9-15-7-2-1-3-8-15)12-14-22-19(24)16-10-4-5-11-17(16)20(22)25/h1-5,7-8,16-17H,6,9-14H2,(H,21,23)/t16-,17-/m1/s1. The molecule has 3 rings (SSSR count). The minimum atomic E-state index is -0.216. The first-order valence-corrected chi connectivity index (χ1v) is 8.97. The summed E-state index contributed by atoms with van der Waals surface area (Å²) in [6.07, 6.45) is 7.17. The second kappa shape index (κ2) is 8.10. The van der Waals surface area contributed by atoms with Crippen molar-refractivity contribution in [3.05, 3.63) is 48.0 Å². The predicted octanol–water partition coefficient (Wildman–Crippen LogP) is 2.08. The van der Waals surface area contributed by atoms with Gasteiger partial charge in [-0.05, 0) is 31.2 Å².